The minimum atomic E-state index is -0.302. The van der Waals surface area contributed by atoms with Crippen LogP contribution in [0, 0.1) is 11.2 Å². The van der Waals surface area contributed by atoms with E-state index in [-0.39, 0.29) is 17.3 Å². The molecule has 1 atom stereocenters. The van der Waals surface area contributed by atoms with Crippen molar-refractivity contribution in [3.8, 4) is 0 Å². The average molecular weight is 196 g/mol. The highest BCUT2D eigenvalue weighted by Gasteiger charge is 2.20. The first kappa shape index (κ1) is 11.0. The highest BCUT2D eigenvalue weighted by Crippen LogP contribution is 2.22. The highest BCUT2D eigenvalue weighted by molar-refractivity contribution is 5.36. The Morgan fingerprint density at radius 1 is 1.43 bits per heavy atom. The van der Waals surface area contributed by atoms with Crippen molar-refractivity contribution in [2.75, 3.05) is 5.32 Å². The van der Waals surface area contributed by atoms with Crippen LogP contribution in [0.1, 0.15) is 27.7 Å². The van der Waals surface area contributed by atoms with Crippen LogP contribution in [0.4, 0.5) is 10.2 Å². The van der Waals surface area contributed by atoms with Crippen LogP contribution in [-0.4, -0.2) is 11.0 Å². The zero-order valence-electron chi connectivity index (χ0n) is 9.13. The number of nitrogens with one attached hydrogen (secondary N) is 1. The molecule has 1 rings (SSSR count). The maximum atomic E-state index is 13.2. The zero-order chi connectivity index (χ0) is 10.8. The number of rotatable bonds is 2. The molecule has 0 bridgehead atoms. The summed E-state index contributed by atoms with van der Waals surface area (Å²) in [7, 11) is 0. The van der Waals surface area contributed by atoms with Gasteiger partial charge in [-0.05, 0) is 24.5 Å². The van der Waals surface area contributed by atoms with E-state index >= 15 is 0 Å². The summed E-state index contributed by atoms with van der Waals surface area (Å²) in [5, 5.41) is 3.06. The molecule has 1 heterocycles. The third kappa shape index (κ3) is 2.69. The lowest BCUT2D eigenvalue weighted by atomic mass is 9.88. The van der Waals surface area contributed by atoms with Gasteiger partial charge in [0.05, 0.1) is 0 Å². The Hall–Kier alpha value is -1.12. The van der Waals surface area contributed by atoms with E-state index in [0.717, 1.165) is 0 Å². The second-order valence-corrected chi connectivity index (χ2v) is 4.57. The maximum Gasteiger partial charge on any atom is 0.165 e. The lowest BCUT2D eigenvalue weighted by Gasteiger charge is -2.28. The molecule has 1 aromatic rings. The fraction of sp³-hybridized carbons (Fsp3) is 0.545. The predicted octanol–water partition coefficient (Wildman–Crippen LogP) is 3.07. The average Bonchev–Trinajstić information content (AvgIpc) is 2.07. The number of pyridine rings is 1. The SMILES string of the molecule is CC(Nc1ncccc1F)C(C)(C)C. The normalized spacial score (nSPS) is 13.8. The Balaban J connectivity index is 2.75. The van der Waals surface area contributed by atoms with Crippen molar-refractivity contribution >= 4 is 5.82 Å². The van der Waals surface area contributed by atoms with Gasteiger partial charge in [-0.25, -0.2) is 9.37 Å². The molecule has 0 fully saturated rings. The van der Waals surface area contributed by atoms with Crippen LogP contribution in [0.15, 0.2) is 18.3 Å². The van der Waals surface area contributed by atoms with Crippen molar-refractivity contribution in [1.82, 2.24) is 4.98 Å². The molecule has 0 aliphatic carbocycles. The number of hydrogen-bond acceptors (Lipinski definition) is 2. The van der Waals surface area contributed by atoms with Gasteiger partial charge in [0.1, 0.15) is 0 Å². The topological polar surface area (TPSA) is 24.9 Å². The van der Waals surface area contributed by atoms with Gasteiger partial charge in [-0.1, -0.05) is 20.8 Å². The molecule has 0 spiro atoms. The summed E-state index contributed by atoms with van der Waals surface area (Å²) in [6.07, 6.45) is 1.58. The standard InChI is InChI=1S/C11H17FN2/c1-8(11(2,3)4)14-10-9(12)6-5-7-13-10/h5-8H,1-4H3,(H,13,14). The molecule has 0 saturated carbocycles. The van der Waals surface area contributed by atoms with E-state index in [1.807, 2.05) is 6.92 Å². The first-order chi connectivity index (χ1) is 6.41. The summed E-state index contributed by atoms with van der Waals surface area (Å²) in [4.78, 5) is 3.95. The van der Waals surface area contributed by atoms with Gasteiger partial charge in [-0.3, -0.25) is 0 Å². The van der Waals surface area contributed by atoms with Crippen LogP contribution in [0.25, 0.3) is 0 Å². The van der Waals surface area contributed by atoms with Gasteiger partial charge in [-0.15, -0.1) is 0 Å². The molecular formula is C11H17FN2. The second kappa shape index (κ2) is 3.95. The molecule has 1 aromatic heterocycles. The molecule has 2 nitrogen and oxygen atoms in total. The van der Waals surface area contributed by atoms with Gasteiger partial charge in [0.25, 0.3) is 0 Å². The summed E-state index contributed by atoms with van der Waals surface area (Å²) in [5.74, 6) is 0.0264. The quantitative estimate of drug-likeness (QED) is 0.786. The number of halogens is 1. The molecule has 0 aromatic carbocycles. The fourth-order valence-corrected chi connectivity index (χ4v) is 0.913. The van der Waals surface area contributed by atoms with Gasteiger partial charge in [-0.2, -0.15) is 0 Å². The van der Waals surface area contributed by atoms with Gasteiger partial charge in [0.2, 0.25) is 0 Å². The van der Waals surface area contributed by atoms with Crippen LogP contribution in [0.3, 0.4) is 0 Å². The molecule has 0 aliphatic heterocycles. The van der Waals surface area contributed by atoms with E-state index in [1.54, 1.807) is 12.3 Å². The second-order valence-electron chi connectivity index (χ2n) is 4.57. The maximum absolute atomic E-state index is 13.2. The van der Waals surface area contributed by atoms with Crippen molar-refractivity contribution in [1.29, 1.82) is 0 Å². The Bertz CT molecular complexity index is 304. The van der Waals surface area contributed by atoms with Crippen LogP contribution in [0.2, 0.25) is 0 Å². The molecule has 1 unspecified atom stereocenters. The van der Waals surface area contributed by atoms with E-state index in [0.29, 0.717) is 5.82 Å². The third-order valence-corrected chi connectivity index (χ3v) is 2.41. The molecule has 0 amide bonds. The molecule has 14 heavy (non-hydrogen) atoms. The van der Waals surface area contributed by atoms with Crippen molar-refractivity contribution in [3.63, 3.8) is 0 Å². The van der Waals surface area contributed by atoms with Crippen molar-refractivity contribution in [2.45, 2.75) is 33.7 Å². The Labute approximate surface area is 84.6 Å². The first-order valence-electron chi connectivity index (χ1n) is 4.78. The molecule has 0 saturated heterocycles. The van der Waals surface area contributed by atoms with Crippen LogP contribution in [-0.2, 0) is 0 Å². The smallest absolute Gasteiger partial charge is 0.165 e. The fourth-order valence-electron chi connectivity index (χ4n) is 0.913. The summed E-state index contributed by atoms with van der Waals surface area (Å²) in [6, 6.07) is 3.17. The summed E-state index contributed by atoms with van der Waals surface area (Å²) in [5.41, 5.74) is 0.0873. The minimum absolute atomic E-state index is 0.0873. The molecule has 3 heteroatoms. The monoisotopic (exact) mass is 196 g/mol. The van der Waals surface area contributed by atoms with Crippen LogP contribution < -0.4 is 5.32 Å². The predicted molar refractivity (Wildman–Crippen MR) is 56.7 cm³/mol. The number of nitrogens with zero attached hydrogens (tertiary/aromatic N) is 1. The van der Waals surface area contributed by atoms with Gasteiger partial charge in [0, 0.05) is 12.2 Å². The minimum Gasteiger partial charge on any atom is -0.365 e. The highest BCUT2D eigenvalue weighted by atomic mass is 19.1. The van der Waals surface area contributed by atoms with E-state index in [2.05, 4.69) is 31.1 Å². The van der Waals surface area contributed by atoms with Gasteiger partial charge < -0.3 is 5.32 Å². The Morgan fingerprint density at radius 3 is 2.57 bits per heavy atom. The zero-order valence-corrected chi connectivity index (χ0v) is 9.13. The van der Waals surface area contributed by atoms with E-state index in [4.69, 9.17) is 0 Å². The Morgan fingerprint density at radius 2 is 2.07 bits per heavy atom. The molecule has 0 radical (unpaired) electrons. The van der Waals surface area contributed by atoms with Crippen LogP contribution >= 0.6 is 0 Å². The molecule has 1 N–H and O–H groups in total. The Kier molecular flexibility index (Phi) is 3.09. The van der Waals surface area contributed by atoms with Crippen molar-refractivity contribution in [2.24, 2.45) is 5.41 Å². The van der Waals surface area contributed by atoms with Crippen LogP contribution in [0.5, 0.6) is 0 Å². The lowest BCUT2D eigenvalue weighted by molar-refractivity contribution is 0.357. The molecule has 0 aliphatic rings. The van der Waals surface area contributed by atoms with E-state index < -0.39 is 0 Å². The lowest BCUT2D eigenvalue weighted by Crippen LogP contribution is -2.31. The largest absolute Gasteiger partial charge is 0.365 e. The van der Waals surface area contributed by atoms with E-state index in [1.165, 1.54) is 6.07 Å². The summed E-state index contributed by atoms with van der Waals surface area (Å²) >= 11 is 0. The first-order valence-corrected chi connectivity index (χ1v) is 4.78. The number of aromatic nitrogens is 1. The third-order valence-electron chi connectivity index (χ3n) is 2.41. The van der Waals surface area contributed by atoms with Gasteiger partial charge in [0.15, 0.2) is 11.6 Å². The number of hydrogen-bond donors (Lipinski definition) is 1. The molecule has 78 valence electrons. The molecular weight excluding hydrogens is 179 g/mol. The number of anilines is 1. The summed E-state index contributed by atoms with van der Waals surface area (Å²) in [6.45, 7) is 8.33. The van der Waals surface area contributed by atoms with Crippen molar-refractivity contribution in [3.05, 3.63) is 24.1 Å². The van der Waals surface area contributed by atoms with Crippen molar-refractivity contribution < 1.29 is 4.39 Å². The van der Waals surface area contributed by atoms with E-state index in [9.17, 15) is 4.39 Å². The summed E-state index contributed by atoms with van der Waals surface area (Å²) < 4.78 is 13.2. The van der Waals surface area contributed by atoms with Gasteiger partial charge >= 0.3 is 0 Å².